The average molecular weight is 334 g/mol. The van der Waals surface area contributed by atoms with Crippen LogP contribution in [0.1, 0.15) is 30.4 Å². The third-order valence-electron chi connectivity index (χ3n) is 5.22. The molecule has 25 heavy (non-hydrogen) atoms. The fourth-order valence-corrected chi connectivity index (χ4v) is 3.89. The van der Waals surface area contributed by atoms with Gasteiger partial charge in [0.05, 0.1) is 17.5 Å². The topological polar surface area (TPSA) is 52.9 Å². The Morgan fingerprint density at radius 3 is 2.60 bits per heavy atom. The van der Waals surface area contributed by atoms with Gasteiger partial charge >= 0.3 is 0 Å². The Hall–Kier alpha value is -2.62. The van der Waals surface area contributed by atoms with E-state index in [1.165, 1.54) is 5.56 Å². The number of benzene rings is 2. The average Bonchev–Trinajstić information content (AvgIpc) is 3.11. The van der Waals surface area contributed by atoms with Gasteiger partial charge in [-0.2, -0.15) is 0 Å². The standard InChI is InChI=1S/C21H22N2O2/c24-19-12-5-4-9-17(19)20-22-18-11-6-10-16(18)21(25)23(20)14-13-15-7-2-1-3-8-15/h1-5,7-9,12,16,18,24H,6,10-11,13-14H2. The zero-order chi connectivity index (χ0) is 17.2. The summed E-state index contributed by atoms with van der Waals surface area (Å²) in [4.78, 5) is 19.8. The summed E-state index contributed by atoms with van der Waals surface area (Å²) in [6.07, 6.45) is 3.70. The lowest BCUT2D eigenvalue weighted by atomic mass is 9.97. The molecule has 0 saturated heterocycles. The number of rotatable bonds is 4. The van der Waals surface area contributed by atoms with Crippen molar-refractivity contribution in [3.05, 3.63) is 65.7 Å². The largest absolute Gasteiger partial charge is 0.507 e. The molecule has 128 valence electrons. The Bertz CT molecular complexity index is 801. The molecule has 2 aromatic rings. The molecule has 2 aromatic carbocycles. The lowest BCUT2D eigenvalue weighted by molar-refractivity contribution is -0.132. The lowest BCUT2D eigenvalue weighted by Gasteiger charge is -2.34. The second-order valence-corrected chi connectivity index (χ2v) is 6.80. The maximum Gasteiger partial charge on any atom is 0.233 e. The summed E-state index contributed by atoms with van der Waals surface area (Å²) in [5.74, 6) is 0.967. The number of aromatic hydroxyl groups is 1. The molecule has 1 fully saturated rings. The normalized spacial score (nSPS) is 22.6. The van der Waals surface area contributed by atoms with Crippen LogP contribution >= 0.6 is 0 Å². The van der Waals surface area contributed by atoms with Gasteiger partial charge in [0, 0.05) is 6.54 Å². The first kappa shape index (κ1) is 15.9. The fraction of sp³-hybridized carbons (Fsp3) is 0.333. The molecule has 4 nitrogen and oxygen atoms in total. The van der Waals surface area contributed by atoms with E-state index >= 15 is 0 Å². The van der Waals surface area contributed by atoms with Crippen molar-refractivity contribution >= 4 is 11.7 Å². The molecule has 1 saturated carbocycles. The van der Waals surface area contributed by atoms with E-state index in [0.29, 0.717) is 17.9 Å². The quantitative estimate of drug-likeness (QED) is 0.932. The van der Waals surface area contributed by atoms with Crippen molar-refractivity contribution in [1.82, 2.24) is 4.90 Å². The summed E-state index contributed by atoms with van der Waals surface area (Å²) in [6, 6.07) is 17.4. The van der Waals surface area contributed by atoms with Gasteiger partial charge in [-0.25, -0.2) is 0 Å². The molecule has 1 aliphatic heterocycles. The van der Waals surface area contributed by atoms with Crippen molar-refractivity contribution < 1.29 is 9.90 Å². The van der Waals surface area contributed by atoms with Crippen LogP contribution in [0, 0.1) is 5.92 Å². The molecule has 2 atom stereocenters. The molecule has 1 N–H and O–H groups in total. The molecule has 0 radical (unpaired) electrons. The van der Waals surface area contributed by atoms with E-state index < -0.39 is 0 Å². The zero-order valence-electron chi connectivity index (χ0n) is 14.1. The van der Waals surface area contributed by atoms with Gasteiger partial charge in [0.25, 0.3) is 0 Å². The summed E-state index contributed by atoms with van der Waals surface area (Å²) < 4.78 is 0. The van der Waals surface area contributed by atoms with E-state index in [9.17, 15) is 9.90 Å². The van der Waals surface area contributed by atoms with Crippen LogP contribution in [0.3, 0.4) is 0 Å². The predicted octanol–water partition coefficient (Wildman–Crippen LogP) is 3.39. The SMILES string of the molecule is O=C1C2CCCC2N=C(c2ccccc2O)N1CCc1ccccc1. The molecule has 0 bridgehead atoms. The van der Waals surface area contributed by atoms with E-state index in [1.807, 2.05) is 30.3 Å². The van der Waals surface area contributed by atoms with Gasteiger partial charge in [-0.15, -0.1) is 0 Å². The highest BCUT2D eigenvalue weighted by Crippen LogP contribution is 2.35. The summed E-state index contributed by atoms with van der Waals surface area (Å²) >= 11 is 0. The highest BCUT2D eigenvalue weighted by Gasteiger charge is 2.41. The minimum atomic E-state index is 0.00498. The van der Waals surface area contributed by atoms with Gasteiger partial charge < -0.3 is 5.11 Å². The van der Waals surface area contributed by atoms with Crippen molar-refractivity contribution in [1.29, 1.82) is 0 Å². The van der Waals surface area contributed by atoms with Crippen LogP contribution < -0.4 is 0 Å². The first-order valence-corrected chi connectivity index (χ1v) is 8.95. The van der Waals surface area contributed by atoms with Crippen LogP contribution in [0.5, 0.6) is 5.75 Å². The van der Waals surface area contributed by atoms with Crippen LogP contribution in [0.4, 0.5) is 0 Å². The second-order valence-electron chi connectivity index (χ2n) is 6.80. The molecule has 0 spiro atoms. The Morgan fingerprint density at radius 1 is 1.04 bits per heavy atom. The number of hydrogen-bond acceptors (Lipinski definition) is 3. The molecular weight excluding hydrogens is 312 g/mol. The molecule has 1 aliphatic carbocycles. The third kappa shape index (κ3) is 3.04. The summed E-state index contributed by atoms with van der Waals surface area (Å²) in [5.41, 5.74) is 1.84. The Morgan fingerprint density at radius 2 is 1.80 bits per heavy atom. The Balaban J connectivity index is 1.67. The molecule has 4 heteroatoms. The minimum absolute atomic E-state index is 0.00498. The van der Waals surface area contributed by atoms with E-state index in [4.69, 9.17) is 4.99 Å². The molecule has 2 aliphatic rings. The molecule has 1 amide bonds. The van der Waals surface area contributed by atoms with Gasteiger partial charge in [0.1, 0.15) is 11.6 Å². The highest BCUT2D eigenvalue weighted by atomic mass is 16.3. The molecule has 2 unspecified atom stereocenters. The fourth-order valence-electron chi connectivity index (χ4n) is 3.89. The molecule has 1 heterocycles. The van der Waals surface area contributed by atoms with E-state index in [1.54, 1.807) is 17.0 Å². The molecule has 0 aromatic heterocycles. The Kier molecular flexibility index (Phi) is 4.26. The molecule has 4 rings (SSSR count). The van der Waals surface area contributed by atoms with Crippen LogP contribution in [0.2, 0.25) is 0 Å². The number of para-hydroxylation sites is 1. The smallest absolute Gasteiger partial charge is 0.233 e. The number of aliphatic imine (C=N–C) groups is 1. The van der Waals surface area contributed by atoms with Gasteiger partial charge in [-0.05, 0) is 37.0 Å². The number of hydrogen-bond donors (Lipinski definition) is 1. The van der Waals surface area contributed by atoms with Gasteiger partial charge in [-0.3, -0.25) is 14.7 Å². The Labute approximate surface area is 147 Å². The zero-order valence-corrected chi connectivity index (χ0v) is 14.1. The predicted molar refractivity (Wildman–Crippen MR) is 97.6 cm³/mol. The summed E-state index contributed by atoms with van der Waals surface area (Å²) in [6.45, 7) is 0.583. The number of nitrogens with zero attached hydrogens (tertiary/aromatic N) is 2. The summed E-state index contributed by atoms with van der Waals surface area (Å²) in [7, 11) is 0. The van der Waals surface area contributed by atoms with E-state index in [0.717, 1.165) is 25.7 Å². The highest BCUT2D eigenvalue weighted by molar-refractivity contribution is 6.11. The summed E-state index contributed by atoms with van der Waals surface area (Å²) in [5, 5.41) is 10.3. The monoisotopic (exact) mass is 334 g/mol. The number of amidine groups is 1. The van der Waals surface area contributed by atoms with Crippen molar-refractivity contribution in [2.45, 2.75) is 31.7 Å². The van der Waals surface area contributed by atoms with Gasteiger partial charge in [-0.1, -0.05) is 48.9 Å². The van der Waals surface area contributed by atoms with Crippen LogP contribution in [0.15, 0.2) is 59.6 Å². The van der Waals surface area contributed by atoms with Crippen LogP contribution in [-0.4, -0.2) is 34.3 Å². The first-order chi connectivity index (χ1) is 12.2. The number of carbonyl (C=O) groups is 1. The molecular formula is C21H22N2O2. The van der Waals surface area contributed by atoms with Crippen molar-refractivity contribution in [2.24, 2.45) is 10.9 Å². The van der Waals surface area contributed by atoms with Crippen LogP contribution in [-0.2, 0) is 11.2 Å². The van der Waals surface area contributed by atoms with Crippen LogP contribution in [0.25, 0.3) is 0 Å². The van der Waals surface area contributed by atoms with Crippen molar-refractivity contribution in [2.75, 3.05) is 6.54 Å². The van der Waals surface area contributed by atoms with Gasteiger partial charge in [0.15, 0.2) is 0 Å². The van der Waals surface area contributed by atoms with Crippen molar-refractivity contribution in [3.8, 4) is 5.75 Å². The number of phenols is 1. The number of phenolic OH excluding ortho intramolecular Hbond substituents is 1. The number of carbonyl (C=O) groups excluding carboxylic acids is 1. The second kappa shape index (κ2) is 6.71. The maximum atomic E-state index is 13.1. The third-order valence-corrected chi connectivity index (χ3v) is 5.22. The van der Waals surface area contributed by atoms with Crippen molar-refractivity contribution in [3.63, 3.8) is 0 Å². The minimum Gasteiger partial charge on any atom is -0.507 e. The lowest BCUT2D eigenvalue weighted by Crippen LogP contribution is -2.48. The first-order valence-electron chi connectivity index (χ1n) is 8.95. The van der Waals surface area contributed by atoms with E-state index in [2.05, 4.69) is 12.1 Å². The number of fused-ring (bicyclic) bond motifs is 1. The maximum absolute atomic E-state index is 13.1. The number of amides is 1. The van der Waals surface area contributed by atoms with Gasteiger partial charge in [0.2, 0.25) is 5.91 Å². The van der Waals surface area contributed by atoms with E-state index in [-0.39, 0.29) is 23.6 Å².